The average molecular weight is 1730 g/mol. The molecule has 0 radical (unpaired) electrons. The molecule has 5 aliphatic heterocycles. The number of carbonyl (C=O) groups excluding carboxylic acids is 11. The molecule has 8 rings (SSSR count). The Morgan fingerprint density at radius 2 is 0.793 bits per heavy atom. The summed E-state index contributed by atoms with van der Waals surface area (Å²) < 4.78 is 22.8. The van der Waals surface area contributed by atoms with E-state index < -0.39 is 58.7 Å². The van der Waals surface area contributed by atoms with Gasteiger partial charge in [0.1, 0.15) is 58.5 Å². The van der Waals surface area contributed by atoms with Crippen LogP contribution in [0.5, 0.6) is 0 Å². The molecule has 37 heteroatoms. The number of aliphatic carboxylic acids is 1. The molecule has 0 unspecified atom stereocenters. The van der Waals surface area contributed by atoms with E-state index in [2.05, 4.69) is 85.8 Å². The van der Waals surface area contributed by atoms with Crippen molar-refractivity contribution >= 4 is 99.6 Å². The van der Waals surface area contributed by atoms with Gasteiger partial charge in [-0.15, -0.1) is 0 Å². The van der Waals surface area contributed by atoms with Crippen molar-refractivity contribution in [3.63, 3.8) is 0 Å². The first kappa shape index (κ1) is 108. The Bertz CT molecular complexity index is 3840. The molecule has 13 atom stereocenters. The molecule has 0 spiro atoms. The zero-order valence-electron chi connectivity index (χ0n) is 78.3. The maximum atomic E-state index is 13.5. The number of rotatable bonds is 12. The SMILES string of the molecule is CC(=O)Cl.CC(=O)N1[C@H](C)CN(C(=O)OC(C)(C)C)C[C@@H]1C.CC(=O)N1[C@H](C)CNC[C@@H]1C.CC[C@H](NC(=O)OC(C)(C)C)C(=O)N1C[C@@H](C)N(C(C)=O)[C@@H](C)C1.CC[C@H](NC(=O)OC(C)(C)C)C(=O)O.CC[C@H](Nc1ncnc2c1nc(-c1cnc(C)nc1)n2CC)C(=O)N1C[C@@H](C)N(C(C)=O)[C@@H](C)C1.C[C@@H]1CN(C(=O)OC(C)(C)C)C[C@H](C)N1. The van der Waals surface area contributed by atoms with E-state index in [9.17, 15) is 57.5 Å². The molecular weight excluding hydrogens is 1580 g/mol. The highest BCUT2D eigenvalue weighted by atomic mass is 35.5. The van der Waals surface area contributed by atoms with E-state index >= 15 is 0 Å². The molecule has 5 saturated heterocycles. The molecule has 6 N–H and O–H groups in total. The maximum absolute atomic E-state index is 13.5. The van der Waals surface area contributed by atoms with Crippen molar-refractivity contribution < 1.29 is 81.6 Å². The monoisotopic (exact) mass is 1730 g/mol. The highest BCUT2D eigenvalue weighted by Crippen LogP contribution is 2.29. The number of fused-ring (bicyclic) bond motifs is 1. The third kappa shape index (κ3) is 36.7. The molecule has 0 aliphatic carbocycles. The van der Waals surface area contributed by atoms with Gasteiger partial charge in [-0.05, 0) is 197 Å². The summed E-state index contributed by atoms with van der Waals surface area (Å²) in [5.74, 6) is 0.992. The van der Waals surface area contributed by atoms with E-state index in [1.54, 1.807) is 108 Å². The quantitative estimate of drug-likeness (QED) is 0.0725. The van der Waals surface area contributed by atoms with E-state index in [0.717, 1.165) is 31.7 Å². The van der Waals surface area contributed by atoms with Gasteiger partial charge < -0.3 is 94.4 Å². The van der Waals surface area contributed by atoms with Gasteiger partial charge in [0.2, 0.25) is 40.7 Å². The van der Waals surface area contributed by atoms with Crippen LogP contribution in [0.4, 0.5) is 25.0 Å². The van der Waals surface area contributed by atoms with Crippen LogP contribution in [0.25, 0.3) is 22.6 Å². The number of alkyl carbamates (subject to hydrolysis) is 2. The third-order valence-corrected chi connectivity index (χ3v) is 19.2. The standard InChI is InChI=1S/C24H33N9O2.C17H31N3O4.C13H24N2O3.C11H22N2O2.C9H17NO4.C8H16N2O.C2H3ClO/c1-7-19(24(35)31-11-14(3)33(17(6)34)15(4)12-31)29-21-20-23(28-13-27-21)32(8-2)22(30-20)18-9-25-16(5)26-10-18;1-8-14(18-16(23)24-17(5,6)7)15(22)19-9-11(2)20(13(4)21)12(3)10-19;1-9-7-14(12(17)18-13(4,5)6)8-10(2)15(9)11(3)16;1-8-6-13(7-9(2)12-8)10(14)15-11(3,4)5;1-5-6(7(11)12)10-8(13)14-9(2,3)4;1-6-4-9-5-7(2)10(6)8(3)11;1-2(3)4/h9-10,13-15,19H,7-8,11-12H2,1-6H3,(H,27,28,29);11-12,14H,8-10H2,1-7H3,(H,18,23);9-10H,7-8H2,1-6H3;8-9,12H,6-7H2,1-5H3;6H,5H2,1-4H3,(H,10,13)(H,11,12);6-7,9H,4-5H2,1-3H3;1H3/t14-,15+,19-;11-,12+,14-;9-,10+;8-,9+;6-;6-,7+;/m00..0../s1. The zero-order valence-corrected chi connectivity index (χ0v) is 79.0. The van der Waals surface area contributed by atoms with Crippen LogP contribution in [0.3, 0.4) is 0 Å². The van der Waals surface area contributed by atoms with Crippen LogP contribution in [-0.2, 0) is 63.8 Å². The van der Waals surface area contributed by atoms with Crippen LogP contribution < -0.4 is 26.6 Å². The van der Waals surface area contributed by atoms with Gasteiger partial charge in [0.15, 0.2) is 17.0 Å². The van der Waals surface area contributed by atoms with Crippen LogP contribution in [-0.4, -0.2) is 311 Å². The first-order chi connectivity index (χ1) is 55.7. The molecule has 0 aromatic carbocycles. The Labute approximate surface area is 722 Å². The fourth-order valence-electron chi connectivity index (χ4n) is 14.8. The predicted molar refractivity (Wildman–Crippen MR) is 465 cm³/mol. The van der Waals surface area contributed by atoms with E-state index in [-0.39, 0.29) is 89.1 Å². The van der Waals surface area contributed by atoms with Gasteiger partial charge >= 0.3 is 30.3 Å². The van der Waals surface area contributed by atoms with Crippen molar-refractivity contribution in [2.24, 2.45) is 0 Å². The maximum Gasteiger partial charge on any atom is 0.410 e. The van der Waals surface area contributed by atoms with Gasteiger partial charge in [-0.3, -0.25) is 33.6 Å². The first-order valence-corrected chi connectivity index (χ1v) is 42.4. The first-order valence-electron chi connectivity index (χ1n) is 42.0. The minimum Gasteiger partial charge on any atom is -0.480 e. The van der Waals surface area contributed by atoms with Gasteiger partial charge in [-0.25, -0.2) is 48.9 Å². The molecule has 3 aromatic heterocycles. The number of halogens is 1. The molecule has 5 fully saturated rings. The predicted octanol–water partition coefficient (Wildman–Crippen LogP) is 9.85. The summed E-state index contributed by atoms with van der Waals surface area (Å²) in [5, 5.41) is 23.2. The van der Waals surface area contributed by atoms with Crippen LogP contribution in [0.15, 0.2) is 18.7 Å². The molecule has 10 amide bonds. The van der Waals surface area contributed by atoms with E-state index in [1.165, 1.54) is 13.3 Å². The Kier molecular flexibility index (Phi) is 43.2. The number of ether oxygens (including phenoxy) is 4. The van der Waals surface area contributed by atoms with Crippen LogP contribution >= 0.6 is 11.6 Å². The van der Waals surface area contributed by atoms with Crippen molar-refractivity contribution in [1.82, 2.24) is 90.0 Å². The number of nitrogens with zero attached hydrogens (tertiary/aromatic N) is 14. The minimum absolute atomic E-state index is 0.0109. The lowest BCUT2D eigenvalue weighted by atomic mass is 10.1. The minimum atomic E-state index is -1.06. The average Bonchev–Trinajstić information content (AvgIpc) is 1.77. The van der Waals surface area contributed by atoms with Crippen molar-refractivity contribution in [2.45, 2.75) is 348 Å². The summed E-state index contributed by atoms with van der Waals surface area (Å²) in [6, 6.07) is -0.746. The Morgan fingerprint density at radius 3 is 1.11 bits per heavy atom. The number of carbonyl (C=O) groups is 12. The number of aryl methyl sites for hydroxylation is 2. The summed E-state index contributed by atoms with van der Waals surface area (Å²) >= 11 is 4.64. The summed E-state index contributed by atoms with van der Waals surface area (Å²) in [5.41, 5.74) is -0.0478. The summed E-state index contributed by atoms with van der Waals surface area (Å²) in [4.78, 5) is 176. The lowest BCUT2D eigenvalue weighted by Gasteiger charge is -2.44. The Morgan fingerprint density at radius 1 is 0.471 bits per heavy atom. The zero-order chi connectivity index (χ0) is 93.0. The van der Waals surface area contributed by atoms with E-state index in [1.807, 2.05) is 135 Å². The molecule has 36 nitrogen and oxygen atoms in total. The van der Waals surface area contributed by atoms with Crippen molar-refractivity contribution in [2.75, 3.05) is 70.8 Å². The fraction of sp³-hybridized carbons (Fsp3) is 0.750. The summed E-state index contributed by atoms with van der Waals surface area (Å²) in [7, 11) is 0. The number of aromatic nitrogens is 6. The topological polar surface area (TPSA) is 417 Å². The van der Waals surface area contributed by atoms with Gasteiger partial charge in [-0.1, -0.05) is 20.8 Å². The van der Waals surface area contributed by atoms with Gasteiger partial charge in [0.25, 0.3) is 0 Å². The highest BCUT2D eigenvalue weighted by molar-refractivity contribution is 6.62. The molecule has 3 aromatic rings. The van der Waals surface area contributed by atoms with Gasteiger partial charge in [0, 0.05) is 179 Å². The fourth-order valence-corrected chi connectivity index (χ4v) is 14.8. The highest BCUT2D eigenvalue weighted by Gasteiger charge is 2.40. The lowest BCUT2D eigenvalue weighted by molar-refractivity contribution is -0.145. The molecule has 0 bridgehead atoms. The smallest absolute Gasteiger partial charge is 0.410 e. The second kappa shape index (κ2) is 48.5. The number of carboxylic acids is 1. The number of carboxylic acid groups (broad SMARTS) is 1. The number of anilines is 1. The van der Waals surface area contributed by atoms with Gasteiger partial charge in [-0.2, -0.15) is 0 Å². The lowest BCUT2D eigenvalue weighted by Crippen LogP contribution is -2.62. The van der Waals surface area contributed by atoms with Crippen LogP contribution in [0.1, 0.15) is 240 Å². The molecule has 0 saturated carbocycles. The molecule has 5 aliphatic rings. The summed E-state index contributed by atoms with van der Waals surface area (Å²) in [6.07, 6.45) is 4.57. The number of piperazine rings is 5. The Hall–Kier alpha value is -9.32. The second-order valence-corrected chi connectivity index (χ2v) is 36.1. The van der Waals surface area contributed by atoms with Gasteiger partial charge in [0.05, 0.1) is 5.56 Å². The van der Waals surface area contributed by atoms with Crippen molar-refractivity contribution in [3.05, 3.63) is 24.5 Å². The third-order valence-electron chi connectivity index (χ3n) is 19.2. The molecule has 686 valence electrons. The summed E-state index contributed by atoms with van der Waals surface area (Å²) in [6.45, 7) is 65.6. The number of amides is 10. The second-order valence-electron chi connectivity index (χ2n) is 35.6. The van der Waals surface area contributed by atoms with Crippen molar-refractivity contribution in [1.29, 1.82) is 0 Å². The van der Waals surface area contributed by atoms with Crippen molar-refractivity contribution in [3.8, 4) is 11.4 Å². The number of hydrogen-bond donors (Lipinski definition) is 6. The Balaban J connectivity index is 0.000000509. The molecule has 8 heterocycles. The number of imidazole rings is 1. The largest absolute Gasteiger partial charge is 0.480 e. The van der Waals surface area contributed by atoms with E-state index in [4.69, 9.17) is 29.0 Å². The molecule has 121 heavy (non-hydrogen) atoms. The number of hydrogen-bond acceptors (Lipinski definition) is 24. The van der Waals surface area contributed by atoms with E-state index in [0.29, 0.717) is 118 Å². The van der Waals surface area contributed by atoms with Crippen LogP contribution in [0.2, 0.25) is 0 Å². The van der Waals surface area contributed by atoms with Crippen LogP contribution in [0, 0.1) is 6.92 Å². The number of nitrogens with one attached hydrogen (secondary N) is 5. The normalized spacial score (nSPS) is 21.9. The molecular formula is C84H146ClN19O17.